The maximum atomic E-state index is 8.06. The number of rotatable bonds is 6. The van der Waals surface area contributed by atoms with E-state index < -0.39 is 0 Å². The Bertz CT molecular complexity index is 133. The average molecular weight is 152 g/mol. The molecule has 0 spiro atoms. The van der Waals surface area contributed by atoms with E-state index in [1.807, 2.05) is 0 Å². The molecule has 0 radical (unpaired) electrons. The Morgan fingerprint density at radius 1 is 1.27 bits per heavy atom. The van der Waals surface area contributed by atoms with Gasteiger partial charge in [-0.1, -0.05) is 32.6 Å². The fraction of sp³-hybridized carbons (Fsp3) is 0.778. The zero-order chi connectivity index (χ0) is 8.36. The molecule has 0 N–H and O–H groups in total. The number of hydrogen-bond acceptors (Lipinski definition) is 2. The lowest BCUT2D eigenvalue weighted by molar-refractivity contribution is 0.645. The first-order valence-electron chi connectivity index (χ1n) is 4.32. The first kappa shape index (κ1) is 10.2. The maximum absolute atomic E-state index is 8.06. The summed E-state index contributed by atoms with van der Waals surface area (Å²) >= 11 is 0. The Hall–Kier alpha value is -0.840. The lowest BCUT2D eigenvalue weighted by Crippen LogP contribution is -1.78. The van der Waals surface area contributed by atoms with E-state index in [0.29, 0.717) is 0 Å². The van der Waals surface area contributed by atoms with Crippen LogP contribution in [-0.4, -0.2) is 6.21 Å². The van der Waals surface area contributed by atoms with Crippen molar-refractivity contribution >= 4 is 6.21 Å². The second kappa shape index (κ2) is 9.16. The van der Waals surface area contributed by atoms with Crippen LogP contribution in [0.2, 0.25) is 0 Å². The van der Waals surface area contributed by atoms with Crippen LogP contribution in [0.25, 0.3) is 0 Å². The minimum atomic E-state index is 0.956. The van der Waals surface area contributed by atoms with Crippen molar-refractivity contribution in [2.24, 2.45) is 4.99 Å². The lowest BCUT2D eigenvalue weighted by Gasteiger charge is -1.94. The molecule has 0 aliphatic rings. The molecule has 2 nitrogen and oxygen atoms in total. The average Bonchev–Trinajstić information content (AvgIpc) is 2.03. The highest BCUT2D eigenvalue weighted by molar-refractivity contribution is 5.58. The van der Waals surface area contributed by atoms with Crippen LogP contribution < -0.4 is 0 Å². The van der Waals surface area contributed by atoms with Gasteiger partial charge >= 0.3 is 0 Å². The molecular formula is C9H16N2. The summed E-state index contributed by atoms with van der Waals surface area (Å²) in [4.78, 5) is 3.47. The molecule has 0 aromatic heterocycles. The molecule has 0 aliphatic heterocycles. The van der Waals surface area contributed by atoms with E-state index in [2.05, 4.69) is 11.9 Å². The van der Waals surface area contributed by atoms with Gasteiger partial charge in [0.1, 0.15) is 0 Å². The van der Waals surface area contributed by atoms with Crippen LogP contribution in [0.5, 0.6) is 0 Å². The van der Waals surface area contributed by atoms with Gasteiger partial charge in [0, 0.05) is 6.21 Å². The zero-order valence-corrected chi connectivity index (χ0v) is 7.21. The van der Waals surface area contributed by atoms with Crippen molar-refractivity contribution in [2.45, 2.75) is 45.4 Å². The van der Waals surface area contributed by atoms with Crippen molar-refractivity contribution < 1.29 is 0 Å². The smallest absolute Gasteiger partial charge is 0.186 e. The normalized spacial score (nSPS) is 10.2. The molecule has 0 atom stereocenters. The number of nitriles is 1. The summed E-state index contributed by atoms with van der Waals surface area (Å²) < 4.78 is 0. The second-order valence-electron chi connectivity index (χ2n) is 2.61. The van der Waals surface area contributed by atoms with E-state index in [-0.39, 0.29) is 0 Å². The van der Waals surface area contributed by atoms with Crippen LogP contribution in [0.15, 0.2) is 4.99 Å². The highest BCUT2D eigenvalue weighted by Crippen LogP contribution is 2.03. The Balaban J connectivity index is 2.92. The summed E-state index contributed by atoms with van der Waals surface area (Å²) in [5.74, 6) is 0. The van der Waals surface area contributed by atoms with E-state index in [0.717, 1.165) is 6.42 Å². The summed E-state index contributed by atoms with van der Waals surface area (Å²) in [5, 5.41) is 8.06. The maximum Gasteiger partial charge on any atom is 0.205 e. The highest BCUT2D eigenvalue weighted by Gasteiger charge is 1.85. The van der Waals surface area contributed by atoms with E-state index >= 15 is 0 Å². The van der Waals surface area contributed by atoms with E-state index in [1.54, 1.807) is 12.4 Å². The van der Waals surface area contributed by atoms with Gasteiger partial charge in [-0.15, -0.1) is 0 Å². The monoisotopic (exact) mass is 152 g/mol. The fourth-order valence-electron chi connectivity index (χ4n) is 0.945. The van der Waals surface area contributed by atoms with Gasteiger partial charge in [-0.2, -0.15) is 10.3 Å². The van der Waals surface area contributed by atoms with Crippen LogP contribution in [0, 0.1) is 11.5 Å². The number of nitrogens with zero attached hydrogens (tertiary/aromatic N) is 2. The number of hydrogen-bond donors (Lipinski definition) is 0. The molecule has 2 heteroatoms. The Morgan fingerprint density at radius 3 is 2.64 bits per heavy atom. The molecule has 0 rings (SSSR count). The van der Waals surface area contributed by atoms with Crippen LogP contribution in [0.1, 0.15) is 45.4 Å². The predicted octanol–water partition coefficient (Wildman–Crippen LogP) is 2.90. The van der Waals surface area contributed by atoms with Gasteiger partial charge < -0.3 is 0 Å². The van der Waals surface area contributed by atoms with E-state index in [9.17, 15) is 0 Å². The molecule has 0 aromatic carbocycles. The van der Waals surface area contributed by atoms with Gasteiger partial charge in [-0.25, -0.2) is 0 Å². The molecular weight excluding hydrogens is 136 g/mol. The third-order valence-electron chi connectivity index (χ3n) is 1.59. The third kappa shape index (κ3) is 9.16. The predicted molar refractivity (Wildman–Crippen MR) is 47.5 cm³/mol. The molecule has 0 heterocycles. The van der Waals surface area contributed by atoms with Crippen LogP contribution in [-0.2, 0) is 0 Å². The molecule has 0 saturated heterocycles. The van der Waals surface area contributed by atoms with Crippen molar-refractivity contribution in [3.63, 3.8) is 0 Å². The zero-order valence-electron chi connectivity index (χ0n) is 7.21. The molecule has 0 amide bonds. The molecule has 62 valence electrons. The van der Waals surface area contributed by atoms with Crippen LogP contribution in [0.4, 0.5) is 0 Å². The van der Waals surface area contributed by atoms with Crippen molar-refractivity contribution in [2.75, 3.05) is 0 Å². The molecule has 0 fully saturated rings. The van der Waals surface area contributed by atoms with Crippen molar-refractivity contribution in [1.29, 1.82) is 5.26 Å². The first-order chi connectivity index (χ1) is 5.41. The minimum Gasteiger partial charge on any atom is -0.186 e. The van der Waals surface area contributed by atoms with Gasteiger partial charge in [0.25, 0.3) is 0 Å². The summed E-state index contributed by atoms with van der Waals surface area (Å²) in [6.45, 7) is 2.21. The molecule has 0 saturated carbocycles. The van der Waals surface area contributed by atoms with Gasteiger partial charge in [0.05, 0.1) is 0 Å². The van der Waals surface area contributed by atoms with Gasteiger partial charge in [0.2, 0.25) is 6.19 Å². The molecule has 0 aliphatic carbocycles. The highest BCUT2D eigenvalue weighted by atomic mass is 14.7. The van der Waals surface area contributed by atoms with Crippen LogP contribution >= 0.6 is 0 Å². The lowest BCUT2D eigenvalue weighted by atomic mass is 10.1. The molecule has 0 unspecified atom stereocenters. The van der Waals surface area contributed by atoms with Crippen LogP contribution in [0.3, 0.4) is 0 Å². The van der Waals surface area contributed by atoms with Crippen molar-refractivity contribution in [3.8, 4) is 6.19 Å². The number of unbranched alkanes of at least 4 members (excludes halogenated alkanes) is 5. The van der Waals surface area contributed by atoms with E-state index in [4.69, 9.17) is 5.26 Å². The quantitative estimate of drug-likeness (QED) is 0.327. The van der Waals surface area contributed by atoms with E-state index in [1.165, 1.54) is 32.1 Å². The topological polar surface area (TPSA) is 36.1 Å². The number of aliphatic imine (C=N–C) groups is 1. The Kier molecular flexibility index (Phi) is 8.46. The molecule has 0 bridgehead atoms. The fourth-order valence-corrected chi connectivity index (χ4v) is 0.945. The summed E-state index contributed by atoms with van der Waals surface area (Å²) in [5.41, 5.74) is 0. The Labute approximate surface area is 68.9 Å². The summed E-state index contributed by atoms with van der Waals surface area (Å²) in [6, 6.07) is 0. The Morgan fingerprint density at radius 2 is 2.00 bits per heavy atom. The minimum absolute atomic E-state index is 0.956. The van der Waals surface area contributed by atoms with Gasteiger partial charge in [-0.3, -0.25) is 0 Å². The standard InChI is InChI=1S/C9H16N2/c1-2-3-4-5-6-7-8-11-9-10/h8H,2-7H2,1H3. The molecule has 0 aromatic rings. The summed E-state index contributed by atoms with van der Waals surface area (Å²) in [6.07, 6.45) is 10.8. The largest absolute Gasteiger partial charge is 0.205 e. The second-order valence-corrected chi connectivity index (χ2v) is 2.61. The summed E-state index contributed by atoms with van der Waals surface area (Å²) in [7, 11) is 0. The third-order valence-corrected chi connectivity index (χ3v) is 1.59. The molecule has 11 heavy (non-hydrogen) atoms. The van der Waals surface area contributed by atoms with Crippen molar-refractivity contribution in [1.82, 2.24) is 0 Å². The van der Waals surface area contributed by atoms with Gasteiger partial charge in [0.15, 0.2) is 0 Å². The SMILES string of the molecule is CCCCCCCC=NC#N. The van der Waals surface area contributed by atoms with Gasteiger partial charge in [-0.05, 0) is 12.8 Å². The van der Waals surface area contributed by atoms with Crippen molar-refractivity contribution in [3.05, 3.63) is 0 Å². The first-order valence-corrected chi connectivity index (χ1v) is 4.32.